The highest BCUT2D eigenvalue weighted by Gasteiger charge is 2.35. The molecular weight excluding hydrogens is 526 g/mol. The molecule has 0 N–H and O–H groups in total. The zero-order valence-electron chi connectivity index (χ0n) is 25.5. The predicted molar refractivity (Wildman–Crippen MR) is 185 cm³/mol. The fraction of sp³-hybridized carbons (Fsp3) is 0.294. The van der Waals surface area contributed by atoms with E-state index in [-0.39, 0.29) is 0 Å². The zero-order valence-corrected chi connectivity index (χ0v) is 27.3. The van der Waals surface area contributed by atoms with Gasteiger partial charge in [0.1, 0.15) is 0 Å². The van der Waals surface area contributed by atoms with Crippen LogP contribution in [0.4, 0.5) is 22.7 Å². The van der Waals surface area contributed by atoms with Gasteiger partial charge in [-0.25, -0.2) is 0 Å². The van der Waals surface area contributed by atoms with Gasteiger partial charge in [-0.05, 0) is 40.1 Å². The highest BCUT2D eigenvalue weighted by molar-refractivity contribution is 7.90. The molecule has 0 aliphatic carbocycles. The monoisotopic (exact) mass is 570 g/mol. The van der Waals surface area contributed by atoms with Crippen molar-refractivity contribution in [3.8, 4) is 0 Å². The van der Waals surface area contributed by atoms with Crippen molar-refractivity contribution >= 4 is 59.8 Å². The Bertz CT molecular complexity index is 1210. The summed E-state index contributed by atoms with van der Waals surface area (Å²) in [4.78, 5) is 9.11. The van der Waals surface area contributed by atoms with E-state index in [1.807, 2.05) is 0 Å². The van der Waals surface area contributed by atoms with Crippen LogP contribution in [-0.2, 0) is 0 Å². The molecule has 210 valence electrons. The lowest BCUT2D eigenvalue weighted by molar-refractivity contribution is 1.13. The first-order valence-corrected chi connectivity index (χ1v) is 16.6. The van der Waals surface area contributed by atoms with Gasteiger partial charge in [0.25, 0.3) is 0 Å². The molecule has 0 atom stereocenters. The van der Waals surface area contributed by atoms with E-state index in [0.29, 0.717) is 5.40 Å². The van der Waals surface area contributed by atoms with E-state index < -0.39 is 15.8 Å². The molecule has 0 bridgehead atoms. The maximum atomic E-state index is 2.51. The first-order chi connectivity index (χ1) is 19.1. The van der Waals surface area contributed by atoms with Crippen LogP contribution in [0.25, 0.3) is 0 Å². The second-order valence-corrected chi connectivity index (χ2v) is 16.3. The second kappa shape index (κ2) is 13.1. The molecule has 0 fully saturated rings. The third-order valence-corrected chi connectivity index (χ3v) is 13.7. The van der Waals surface area contributed by atoms with Gasteiger partial charge < -0.3 is 19.6 Å². The normalized spacial score (nSPS) is 11.3. The summed E-state index contributed by atoms with van der Waals surface area (Å²) in [6.45, 7) is 2.51. The van der Waals surface area contributed by atoms with Crippen molar-refractivity contribution in [3.05, 3.63) is 97.1 Å². The molecule has 0 spiro atoms. The van der Waals surface area contributed by atoms with Crippen LogP contribution in [0.2, 0.25) is 0 Å². The molecule has 4 aromatic rings. The van der Waals surface area contributed by atoms with Gasteiger partial charge >= 0.3 is 0 Å². The molecule has 0 aliphatic heterocycles. The summed E-state index contributed by atoms with van der Waals surface area (Å²) in [5.74, 6) is 0. The van der Waals surface area contributed by atoms with Crippen molar-refractivity contribution in [2.45, 2.75) is 12.3 Å². The minimum atomic E-state index is -0.760. The van der Waals surface area contributed by atoms with Crippen molar-refractivity contribution in [2.24, 2.45) is 0 Å². The number of benzene rings is 4. The number of para-hydroxylation sites is 4. The van der Waals surface area contributed by atoms with Crippen molar-refractivity contribution < 1.29 is 0 Å². The Morgan fingerprint density at radius 3 is 0.775 bits per heavy atom. The minimum absolute atomic E-state index is 0.356. The molecule has 4 nitrogen and oxygen atoms in total. The summed E-state index contributed by atoms with van der Waals surface area (Å²) in [5, 5.41) is 6.08. The first kappa shape index (κ1) is 29.9. The third-order valence-electron chi connectivity index (χ3n) is 7.24. The molecule has 4 rings (SSSR count). The molecule has 0 amide bonds. The van der Waals surface area contributed by atoms with Crippen molar-refractivity contribution in [1.82, 2.24) is 0 Å². The van der Waals surface area contributed by atoms with E-state index in [4.69, 9.17) is 0 Å². The molecule has 6 heteroatoms. The van der Waals surface area contributed by atoms with Gasteiger partial charge in [0.2, 0.25) is 0 Å². The summed E-state index contributed by atoms with van der Waals surface area (Å²) in [7, 11) is 15.8. The Morgan fingerprint density at radius 1 is 0.375 bits per heavy atom. The number of anilines is 4. The van der Waals surface area contributed by atoms with Crippen LogP contribution in [0.3, 0.4) is 0 Å². The van der Waals surface area contributed by atoms with Gasteiger partial charge in [-0.15, -0.1) is 0 Å². The van der Waals surface area contributed by atoms with E-state index in [2.05, 4.69) is 180 Å². The van der Waals surface area contributed by atoms with Crippen molar-refractivity contribution in [1.29, 1.82) is 0 Å². The largest absolute Gasteiger partial charge is 0.377 e. The van der Waals surface area contributed by atoms with Crippen LogP contribution in [0.1, 0.15) is 6.92 Å². The van der Waals surface area contributed by atoms with Gasteiger partial charge in [-0.2, -0.15) is 0 Å². The number of rotatable bonds is 10. The van der Waals surface area contributed by atoms with Gasteiger partial charge in [0.05, 0.1) is 0 Å². The van der Waals surface area contributed by atoms with Crippen molar-refractivity contribution in [2.75, 3.05) is 76.0 Å². The number of nitrogens with zero attached hydrogens (tertiary/aromatic N) is 4. The Hall–Kier alpha value is -3.06. The van der Waals surface area contributed by atoms with Crippen LogP contribution in [0, 0.1) is 0 Å². The summed E-state index contributed by atoms with van der Waals surface area (Å²) in [6.07, 6.45) is 0. The Morgan fingerprint density at radius 2 is 0.575 bits per heavy atom. The average molecular weight is 571 g/mol. The molecule has 40 heavy (non-hydrogen) atoms. The van der Waals surface area contributed by atoms with Crippen LogP contribution in [0.15, 0.2) is 97.1 Å². The first-order valence-electron chi connectivity index (χ1n) is 13.8. The summed E-state index contributed by atoms with van der Waals surface area (Å²) in [6, 6.07) is 36.1. The maximum Gasteiger partial charge on any atom is 0.0442 e. The molecule has 4 aromatic carbocycles. The zero-order chi connectivity index (χ0) is 29.0. The Labute approximate surface area is 244 Å². The molecule has 0 aliphatic rings. The van der Waals surface area contributed by atoms with Crippen LogP contribution < -0.4 is 40.8 Å². The fourth-order valence-corrected chi connectivity index (χ4v) is 13.0. The van der Waals surface area contributed by atoms with Crippen LogP contribution in [0.5, 0.6) is 0 Å². The molecule has 0 saturated carbocycles. The molecular formula is C34H44N4P2. The Balaban J connectivity index is 2.08. The van der Waals surface area contributed by atoms with E-state index in [0.717, 1.165) is 0 Å². The molecule has 0 saturated heterocycles. The lowest BCUT2D eigenvalue weighted by Gasteiger charge is -2.38. The smallest absolute Gasteiger partial charge is 0.0442 e. The van der Waals surface area contributed by atoms with Crippen LogP contribution in [-0.4, -0.2) is 61.8 Å². The average Bonchev–Trinajstić information content (AvgIpc) is 2.94. The Kier molecular flexibility index (Phi) is 9.77. The minimum Gasteiger partial charge on any atom is -0.377 e. The van der Waals surface area contributed by atoms with Crippen LogP contribution >= 0.6 is 15.8 Å². The topological polar surface area (TPSA) is 13.0 Å². The third kappa shape index (κ3) is 6.14. The molecule has 0 heterocycles. The van der Waals surface area contributed by atoms with Gasteiger partial charge in [-0.3, -0.25) is 0 Å². The molecule has 0 radical (unpaired) electrons. The van der Waals surface area contributed by atoms with Crippen molar-refractivity contribution in [3.63, 3.8) is 0 Å². The second-order valence-electron chi connectivity index (χ2n) is 10.9. The lowest BCUT2D eigenvalue weighted by atomic mass is 10.3. The lowest BCUT2D eigenvalue weighted by Crippen LogP contribution is -2.32. The van der Waals surface area contributed by atoms with E-state index in [1.54, 1.807) is 0 Å². The summed E-state index contributed by atoms with van der Waals surface area (Å²) < 4.78 is 0. The van der Waals surface area contributed by atoms with Gasteiger partial charge in [-0.1, -0.05) is 79.7 Å². The highest BCUT2D eigenvalue weighted by atomic mass is 31.2. The number of hydrogen-bond acceptors (Lipinski definition) is 4. The summed E-state index contributed by atoms with van der Waals surface area (Å²) >= 11 is 0. The summed E-state index contributed by atoms with van der Waals surface area (Å²) in [5.41, 5.74) is 5.19. The van der Waals surface area contributed by atoms with Gasteiger partial charge in [0, 0.05) is 106 Å². The molecule has 0 unspecified atom stereocenters. The SMILES string of the molecule is CC(P(c1ccccc1N(C)C)c1ccccc1N(C)C)P(c1ccccc1N(C)C)c1ccccc1N(C)C. The van der Waals surface area contributed by atoms with E-state index >= 15 is 0 Å². The predicted octanol–water partition coefficient (Wildman–Crippen LogP) is 5.86. The van der Waals surface area contributed by atoms with Gasteiger partial charge in [0.15, 0.2) is 0 Å². The van der Waals surface area contributed by atoms with E-state index in [1.165, 1.54) is 44.0 Å². The van der Waals surface area contributed by atoms with E-state index in [9.17, 15) is 0 Å². The number of hydrogen-bond donors (Lipinski definition) is 0. The molecule has 0 aromatic heterocycles. The quantitative estimate of drug-likeness (QED) is 0.222. The standard InChI is InChI=1S/C34H44N4P2/c1-26(39(31-22-14-10-18-27(31)35(2)3)32-23-15-11-19-28(32)36(4)5)40(33-24-16-12-20-29(33)37(6)7)34-25-17-13-21-30(34)38(8)9/h10-26H,1-9H3. The fourth-order valence-electron chi connectivity index (χ4n) is 5.36. The highest BCUT2D eigenvalue weighted by Crippen LogP contribution is 2.59. The maximum absolute atomic E-state index is 2.51.